The van der Waals surface area contributed by atoms with Crippen molar-refractivity contribution in [3.05, 3.63) is 35.4 Å². The van der Waals surface area contributed by atoms with Gasteiger partial charge in [0.15, 0.2) is 5.96 Å². The van der Waals surface area contributed by atoms with E-state index < -0.39 is 11.7 Å². The van der Waals surface area contributed by atoms with E-state index in [0.717, 1.165) is 30.9 Å². The van der Waals surface area contributed by atoms with E-state index in [1.165, 1.54) is 12.1 Å². The molecular weight excluding hydrogens is 486 g/mol. The number of hydrogen-bond acceptors (Lipinski definition) is 3. The molecule has 1 aromatic rings. The molecule has 0 amide bonds. The van der Waals surface area contributed by atoms with Crippen molar-refractivity contribution < 1.29 is 22.6 Å². The minimum absolute atomic E-state index is 0. The second-order valence-corrected chi connectivity index (χ2v) is 6.67. The first-order valence-electron chi connectivity index (χ1n) is 9.10. The average Bonchev–Trinajstić information content (AvgIpc) is 2.61. The Morgan fingerprint density at radius 3 is 2.50 bits per heavy atom. The van der Waals surface area contributed by atoms with Crippen molar-refractivity contribution in [2.75, 3.05) is 47.1 Å². The SMILES string of the molecule is CN=C(NCCOCCOC)NCC1(c2cccc(C(F)(F)F)c2)CCC1.I. The highest BCUT2D eigenvalue weighted by Gasteiger charge is 2.40. The minimum atomic E-state index is -4.32. The summed E-state index contributed by atoms with van der Waals surface area (Å²) in [5.74, 6) is 0.614. The molecule has 0 bridgehead atoms. The third-order valence-electron chi connectivity index (χ3n) is 4.90. The number of nitrogens with one attached hydrogen (secondary N) is 2. The molecule has 0 saturated heterocycles. The fourth-order valence-corrected chi connectivity index (χ4v) is 3.16. The van der Waals surface area contributed by atoms with Gasteiger partial charge in [-0.2, -0.15) is 13.2 Å². The van der Waals surface area contributed by atoms with Gasteiger partial charge in [0.2, 0.25) is 0 Å². The van der Waals surface area contributed by atoms with Gasteiger partial charge in [-0.1, -0.05) is 24.6 Å². The summed E-state index contributed by atoms with van der Waals surface area (Å²) >= 11 is 0. The number of hydrogen-bond donors (Lipinski definition) is 2. The van der Waals surface area contributed by atoms with Crippen LogP contribution in [0.25, 0.3) is 0 Å². The second-order valence-electron chi connectivity index (χ2n) is 6.67. The van der Waals surface area contributed by atoms with Crippen LogP contribution in [0.2, 0.25) is 0 Å². The third-order valence-corrected chi connectivity index (χ3v) is 4.90. The monoisotopic (exact) mass is 515 g/mol. The lowest BCUT2D eigenvalue weighted by molar-refractivity contribution is -0.137. The molecular formula is C19H29F3IN3O2. The van der Waals surface area contributed by atoms with E-state index in [9.17, 15) is 13.2 Å². The zero-order valence-corrected chi connectivity index (χ0v) is 18.6. The van der Waals surface area contributed by atoms with Crippen LogP contribution < -0.4 is 10.6 Å². The summed E-state index contributed by atoms with van der Waals surface area (Å²) in [5, 5.41) is 6.40. The molecule has 1 fully saturated rings. The molecule has 0 heterocycles. The van der Waals surface area contributed by atoms with E-state index in [4.69, 9.17) is 9.47 Å². The first-order valence-corrected chi connectivity index (χ1v) is 9.10. The molecule has 1 aliphatic carbocycles. The van der Waals surface area contributed by atoms with Gasteiger partial charge in [-0.15, -0.1) is 24.0 Å². The zero-order chi connectivity index (χ0) is 19.8. The number of alkyl halides is 3. The Bertz CT molecular complexity index is 623. The molecule has 160 valence electrons. The molecule has 0 aliphatic heterocycles. The zero-order valence-electron chi connectivity index (χ0n) is 16.3. The fourth-order valence-electron chi connectivity index (χ4n) is 3.16. The van der Waals surface area contributed by atoms with Crippen molar-refractivity contribution in [1.29, 1.82) is 0 Å². The number of guanidine groups is 1. The van der Waals surface area contributed by atoms with Gasteiger partial charge >= 0.3 is 6.18 Å². The summed E-state index contributed by atoms with van der Waals surface area (Å²) in [6.07, 6.45) is -1.59. The number of ether oxygens (including phenoxy) is 2. The molecule has 0 unspecified atom stereocenters. The predicted molar refractivity (Wildman–Crippen MR) is 114 cm³/mol. The molecule has 1 saturated carbocycles. The Morgan fingerprint density at radius 1 is 1.18 bits per heavy atom. The Labute approximate surface area is 181 Å². The van der Waals surface area contributed by atoms with Crippen molar-refractivity contribution in [2.45, 2.75) is 30.9 Å². The Morgan fingerprint density at radius 2 is 1.93 bits per heavy atom. The molecule has 1 aromatic carbocycles. The molecule has 2 N–H and O–H groups in total. The quantitative estimate of drug-likeness (QED) is 0.229. The highest BCUT2D eigenvalue weighted by Crippen LogP contribution is 2.44. The Hall–Kier alpha value is -1.07. The van der Waals surface area contributed by atoms with Crippen molar-refractivity contribution in [3.63, 3.8) is 0 Å². The van der Waals surface area contributed by atoms with E-state index >= 15 is 0 Å². The first kappa shape index (κ1) is 25.0. The van der Waals surface area contributed by atoms with Crippen molar-refractivity contribution >= 4 is 29.9 Å². The number of halogens is 4. The third kappa shape index (κ3) is 7.07. The maximum absolute atomic E-state index is 13.0. The van der Waals surface area contributed by atoms with Crippen LogP contribution in [-0.4, -0.2) is 53.0 Å². The molecule has 1 aliphatic rings. The molecule has 0 spiro atoms. The van der Waals surface area contributed by atoms with Crippen LogP contribution >= 0.6 is 24.0 Å². The van der Waals surface area contributed by atoms with E-state index in [1.807, 2.05) is 0 Å². The minimum Gasteiger partial charge on any atom is -0.382 e. The number of benzene rings is 1. The molecule has 5 nitrogen and oxygen atoms in total. The van der Waals surface area contributed by atoms with Crippen LogP contribution in [-0.2, 0) is 21.1 Å². The van der Waals surface area contributed by atoms with Gasteiger partial charge in [0.05, 0.1) is 25.4 Å². The summed E-state index contributed by atoms with van der Waals surface area (Å²) in [7, 11) is 3.28. The van der Waals surface area contributed by atoms with Crippen LogP contribution in [0.1, 0.15) is 30.4 Å². The number of rotatable bonds is 9. The summed E-state index contributed by atoms with van der Waals surface area (Å²) in [6.45, 7) is 2.72. The maximum atomic E-state index is 13.0. The highest BCUT2D eigenvalue weighted by molar-refractivity contribution is 14.0. The molecule has 2 rings (SSSR count). The smallest absolute Gasteiger partial charge is 0.382 e. The average molecular weight is 515 g/mol. The largest absolute Gasteiger partial charge is 0.416 e. The van der Waals surface area contributed by atoms with Crippen LogP contribution in [0.3, 0.4) is 0 Å². The van der Waals surface area contributed by atoms with Crippen molar-refractivity contribution in [2.24, 2.45) is 4.99 Å². The summed E-state index contributed by atoms with van der Waals surface area (Å²) in [6, 6.07) is 5.67. The number of methoxy groups -OCH3 is 1. The standard InChI is InChI=1S/C19H28F3N3O2.HI/c1-23-17(24-9-10-27-12-11-26-2)25-14-18(7-4-8-18)15-5-3-6-16(13-15)19(20,21)22;/h3,5-6,13H,4,7-12,14H2,1-2H3,(H2,23,24,25);1H. The normalized spacial score (nSPS) is 16.1. The summed E-state index contributed by atoms with van der Waals surface area (Å²) < 4.78 is 49.4. The molecule has 0 radical (unpaired) electrons. The van der Waals surface area contributed by atoms with Gasteiger partial charge in [0, 0.05) is 32.7 Å². The molecule has 28 heavy (non-hydrogen) atoms. The molecule has 9 heteroatoms. The number of aliphatic imine (C=N–C) groups is 1. The van der Waals surface area contributed by atoms with Gasteiger partial charge in [0.25, 0.3) is 0 Å². The summed E-state index contributed by atoms with van der Waals surface area (Å²) in [4.78, 5) is 4.17. The lowest BCUT2D eigenvalue weighted by atomic mass is 9.64. The van der Waals surface area contributed by atoms with E-state index in [0.29, 0.717) is 38.9 Å². The lowest BCUT2D eigenvalue weighted by Gasteiger charge is -2.43. The van der Waals surface area contributed by atoms with E-state index in [-0.39, 0.29) is 29.4 Å². The first-order chi connectivity index (χ1) is 12.9. The summed E-state index contributed by atoms with van der Waals surface area (Å²) in [5.41, 5.74) is -0.148. The fraction of sp³-hybridized carbons (Fsp3) is 0.632. The molecule has 0 atom stereocenters. The van der Waals surface area contributed by atoms with Crippen molar-refractivity contribution in [3.8, 4) is 0 Å². The van der Waals surface area contributed by atoms with Gasteiger partial charge in [-0.25, -0.2) is 0 Å². The lowest BCUT2D eigenvalue weighted by Crippen LogP contribution is -2.49. The van der Waals surface area contributed by atoms with E-state index in [2.05, 4.69) is 15.6 Å². The van der Waals surface area contributed by atoms with Gasteiger partial charge in [0.1, 0.15) is 0 Å². The van der Waals surface area contributed by atoms with Crippen LogP contribution in [0, 0.1) is 0 Å². The number of nitrogens with zero attached hydrogens (tertiary/aromatic N) is 1. The van der Waals surface area contributed by atoms with Crippen LogP contribution in [0.15, 0.2) is 29.3 Å². The Balaban J connectivity index is 0.00000392. The van der Waals surface area contributed by atoms with E-state index in [1.54, 1.807) is 20.2 Å². The van der Waals surface area contributed by atoms with Gasteiger partial charge in [-0.05, 0) is 24.5 Å². The van der Waals surface area contributed by atoms with Gasteiger partial charge in [-0.3, -0.25) is 4.99 Å². The maximum Gasteiger partial charge on any atom is 0.416 e. The van der Waals surface area contributed by atoms with Crippen molar-refractivity contribution in [1.82, 2.24) is 10.6 Å². The van der Waals surface area contributed by atoms with Crippen LogP contribution in [0.4, 0.5) is 13.2 Å². The second kappa shape index (κ2) is 11.8. The van der Waals surface area contributed by atoms with Crippen LogP contribution in [0.5, 0.6) is 0 Å². The molecule has 0 aromatic heterocycles. The predicted octanol–water partition coefficient (Wildman–Crippen LogP) is 3.57. The topological polar surface area (TPSA) is 54.9 Å². The Kier molecular flexibility index (Phi) is 10.5. The highest BCUT2D eigenvalue weighted by atomic mass is 127. The van der Waals surface area contributed by atoms with Gasteiger partial charge < -0.3 is 20.1 Å².